The van der Waals surface area contributed by atoms with Gasteiger partial charge in [0.25, 0.3) is 0 Å². The topological polar surface area (TPSA) is 0 Å². The molecule has 0 saturated carbocycles. The lowest BCUT2D eigenvalue weighted by atomic mass is 9.91. The summed E-state index contributed by atoms with van der Waals surface area (Å²) in [6, 6.07) is 5.06. The second kappa shape index (κ2) is 2.69. The molecule has 1 aromatic carbocycles. The predicted octanol–water partition coefficient (Wildman–Crippen LogP) is 2.87. The van der Waals surface area contributed by atoms with Crippen LogP contribution in [0.2, 0.25) is 0 Å². The highest BCUT2D eigenvalue weighted by Crippen LogP contribution is 2.21. The van der Waals surface area contributed by atoms with E-state index in [2.05, 4.69) is 12.1 Å². The summed E-state index contributed by atoms with van der Waals surface area (Å²) in [5.74, 6) is 0. The van der Waals surface area contributed by atoms with Gasteiger partial charge < -0.3 is 0 Å². The zero-order valence-corrected chi connectivity index (χ0v) is 6.98. The summed E-state index contributed by atoms with van der Waals surface area (Å²) in [6.07, 6.45) is 4.87. The molecule has 0 amide bonds. The minimum absolute atomic E-state index is 0.784. The lowest BCUT2D eigenvalue weighted by Gasteiger charge is -2.15. The fourth-order valence-electron chi connectivity index (χ4n) is 1.76. The molecule has 0 spiro atoms. The minimum atomic E-state index is 0.784. The van der Waals surface area contributed by atoms with Crippen LogP contribution in [0.3, 0.4) is 0 Å². The Labute approximate surface area is 69.7 Å². The van der Waals surface area contributed by atoms with Crippen LogP contribution >= 0.6 is 0 Å². The average molecular weight is 147 g/mol. The van der Waals surface area contributed by atoms with Crippen molar-refractivity contribution in [2.45, 2.75) is 32.6 Å². The molecule has 0 atom stereocenters. The molecule has 2 rings (SSSR count). The van der Waals surface area contributed by atoms with Crippen LogP contribution in [0.1, 0.15) is 30.9 Å². The van der Waals surface area contributed by atoms with Crippen molar-refractivity contribution in [2.24, 2.45) is 0 Å². The van der Waals surface area contributed by atoms with Gasteiger partial charge in [0.1, 0.15) is 0 Å². The van der Waals surface area contributed by atoms with Crippen LogP contribution in [0.4, 0.5) is 0 Å². The van der Waals surface area contributed by atoms with Crippen molar-refractivity contribution in [3.63, 3.8) is 0 Å². The summed E-state index contributed by atoms with van der Waals surface area (Å²) in [4.78, 5) is 0. The third-order valence-electron chi connectivity index (χ3n) is 2.39. The van der Waals surface area contributed by atoms with Crippen molar-refractivity contribution in [1.82, 2.24) is 0 Å². The van der Waals surface area contributed by atoms with E-state index in [4.69, 9.17) is 1.37 Å². The predicted molar refractivity (Wildman–Crippen MR) is 47.8 cm³/mol. The maximum atomic E-state index is 7.87. The van der Waals surface area contributed by atoms with Crippen LogP contribution in [0.5, 0.6) is 0 Å². The van der Waals surface area contributed by atoms with Crippen molar-refractivity contribution in [1.29, 1.82) is 0 Å². The van der Waals surface area contributed by atoms with E-state index in [1.54, 1.807) is 0 Å². The van der Waals surface area contributed by atoms with Gasteiger partial charge >= 0.3 is 0 Å². The van der Waals surface area contributed by atoms with E-state index in [1.807, 2.05) is 6.92 Å². The fraction of sp³-hybridized carbons (Fsp3) is 0.455. The number of hydrogen-bond donors (Lipinski definition) is 0. The van der Waals surface area contributed by atoms with E-state index in [9.17, 15) is 0 Å². The summed E-state index contributed by atoms with van der Waals surface area (Å²) in [7, 11) is 0. The summed E-state index contributed by atoms with van der Waals surface area (Å²) >= 11 is 0. The van der Waals surface area contributed by atoms with Crippen molar-refractivity contribution in [3.8, 4) is 0 Å². The van der Waals surface area contributed by atoms with Gasteiger partial charge in [-0.3, -0.25) is 0 Å². The quantitative estimate of drug-likeness (QED) is 0.529. The first kappa shape index (κ1) is 5.82. The largest absolute Gasteiger partial charge is 0.0629 e. The van der Waals surface area contributed by atoms with E-state index in [0.717, 1.165) is 18.0 Å². The Morgan fingerprint density at radius 3 is 2.73 bits per heavy atom. The Morgan fingerprint density at radius 1 is 1.18 bits per heavy atom. The van der Waals surface area contributed by atoms with Gasteiger partial charge in [-0.05, 0) is 43.7 Å². The van der Waals surface area contributed by atoms with Crippen molar-refractivity contribution >= 4 is 0 Å². The van der Waals surface area contributed by atoms with Crippen LogP contribution in [-0.4, -0.2) is 0 Å². The zero-order valence-electron chi connectivity index (χ0n) is 7.98. The Hall–Kier alpha value is -0.780. The molecule has 0 nitrogen and oxygen atoms in total. The van der Waals surface area contributed by atoms with E-state index in [0.29, 0.717) is 0 Å². The molecule has 0 saturated heterocycles. The first-order valence-corrected chi connectivity index (χ1v) is 4.37. The molecule has 1 aliphatic rings. The second-order valence-electron chi connectivity index (χ2n) is 3.35. The molecule has 11 heavy (non-hydrogen) atoms. The normalized spacial score (nSPS) is 17.4. The molecule has 0 radical (unpaired) electrons. The zero-order chi connectivity index (χ0) is 8.55. The molecule has 0 unspecified atom stereocenters. The summed E-state index contributed by atoms with van der Waals surface area (Å²) in [6.45, 7) is 2.03. The van der Waals surface area contributed by atoms with E-state index in [1.165, 1.54) is 30.4 Å². The number of rotatable bonds is 0. The van der Waals surface area contributed by atoms with Crippen LogP contribution in [0.25, 0.3) is 0 Å². The molecule has 58 valence electrons. The molecule has 1 aliphatic carbocycles. The molecule has 0 N–H and O–H groups in total. The molecule has 0 bridgehead atoms. The van der Waals surface area contributed by atoms with Crippen LogP contribution in [0, 0.1) is 6.92 Å². The third-order valence-corrected chi connectivity index (χ3v) is 2.39. The molecule has 0 aromatic heterocycles. The average Bonchev–Trinajstić information content (AvgIpc) is 2.12. The number of fused-ring (bicyclic) bond motifs is 1. The Morgan fingerprint density at radius 2 is 1.91 bits per heavy atom. The standard InChI is InChI=1S/C11H14/c1-9-6-7-10-4-2-3-5-11(10)8-9/h6-8H,2-5H2,1H3/i8D. The Kier molecular flexibility index (Phi) is 1.42. The van der Waals surface area contributed by atoms with Gasteiger partial charge in [-0.2, -0.15) is 0 Å². The molecule has 0 aliphatic heterocycles. The van der Waals surface area contributed by atoms with Crippen LogP contribution in [0.15, 0.2) is 18.2 Å². The Bertz CT molecular complexity index is 302. The minimum Gasteiger partial charge on any atom is -0.0590 e. The first-order valence-electron chi connectivity index (χ1n) is 4.87. The maximum absolute atomic E-state index is 7.87. The number of aryl methyl sites for hydroxylation is 2. The summed E-state index contributed by atoms with van der Waals surface area (Å²) < 4.78 is 7.87. The van der Waals surface area contributed by atoms with Crippen LogP contribution in [-0.2, 0) is 12.8 Å². The highest BCUT2D eigenvalue weighted by atomic mass is 14.1. The van der Waals surface area contributed by atoms with Gasteiger partial charge in [0.05, 0.1) is 1.37 Å². The number of benzene rings is 1. The molecule has 0 heterocycles. The SMILES string of the molecule is [2H]c1c(C)ccc2c1CCCC2. The van der Waals surface area contributed by atoms with Gasteiger partial charge in [-0.25, -0.2) is 0 Å². The molecule has 1 aromatic rings. The lowest BCUT2D eigenvalue weighted by Crippen LogP contribution is -2.01. The molecule has 0 fully saturated rings. The summed E-state index contributed by atoms with van der Waals surface area (Å²) in [5, 5.41) is 0. The molecular formula is C11H14. The van der Waals surface area contributed by atoms with Crippen molar-refractivity contribution < 1.29 is 1.37 Å². The molecule has 0 heteroatoms. The molecular weight excluding hydrogens is 132 g/mol. The van der Waals surface area contributed by atoms with Crippen molar-refractivity contribution in [3.05, 3.63) is 34.9 Å². The van der Waals surface area contributed by atoms with Gasteiger partial charge in [0.2, 0.25) is 0 Å². The highest BCUT2D eigenvalue weighted by molar-refractivity contribution is 5.32. The number of hydrogen-bond acceptors (Lipinski definition) is 0. The van der Waals surface area contributed by atoms with Crippen molar-refractivity contribution in [2.75, 3.05) is 0 Å². The van der Waals surface area contributed by atoms with Crippen LogP contribution < -0.4 is 0 Å². The fourth-order valence-corrected chi connectivity index (χ4v) is 1.76. The van der Waals surface area contributed by atoms with Gasteiger partial charge in [-0.15, -0.1) is 0 Å². The summed E-state index contributed by atoms with van der Waals surface area (Å²) in [5.41, 5.74) is 3.84. The lowest BCUT2D eigenvalue weighted by molar-refractivity contribution is 0.685. The van der Waals surface area contributed by atoms with Gasteiger partial charge in [0, 0.05) is 0 Å². The smallest absolute Gasteiger partial charge is 0.0590 e. The van der Waals surface area contributed by atoms with Gasteiger partial charge in [0.15, 0.2) is 0 Å². The maximum Gasteiger partial charge on any atom is 0.0629 e. The first-order chi connectivity index (χ1) is 5.79. The third kappa shape index (κ3) is 1.30. The van der Waals surface area contributed by atoms with E-state index < -0.39 is 0 Å². The monoisotopic (exact) mass is 147 g/mol. The second-order valence-corrected chi connectivity index (χ2v) is 3.35. The van der Waals surface area contributed by atoms with E-state index >= 15 is 0 Å². The Balaban J connectivity index is 2.54. The van der Waals surface area contributed by atoms with E-state index in [-0.39, 0.29) is 0 Å². The van der Waals surface area contributed by atoms with Gasteiger partial charge in [-0.1, -0.05) is 23.7 Å². The highest BCUT2D eigenvalue weighted by Gasteiger charge is 2.07.